The highest BCUT2D eigenvalue weighted by atomic mass is 16.5. The van der Waals surface area contributed by atoms with Gasteiger partial charge in [0.1, 0.15) is 11.8 Å². The standard InChI is InChI=1S/C11H18N4O4/c12-10(11(17)18)5-8-19-7-2-4-9(16)3-1-6-14-15-13/h5,8,10H,1-4,6-7,12H2,(H,17,18)/b8-5+/t10-/m0/s1. The molecule has 106 valence electrons. The van der Waals surface area contributed by atoms with Crippen molar-refractivity contribution in [3.05, 3.63) is 22.8 Å². The van der Waals surface area contributed by atoms with E-state index in [-0.39, 0.29) is 5.78 Å². The molecule has 0 aliphatic carbocycles. The van der Waals surface area contributed by atoms with Gasteiger partial charge in [-0.25, -0.2) is 0 Å². The monoisotopic (exact) mass is 270 g/mol. The number of hydrogen-bond donors (Lipinski definition) is 2. The van der Waals surface area contributed by atoms with Gasteiger partial charge >= 0.3 is 5.97 Å². The number of azide groups is 1. The minimum Gasteiger partial charge on any atom is -0.501 e. The van der Waals surface area contributed by atoms with Crippen LogP contribution in [0.3, 0.4) is 0 Å². The van der Waals surface area contributed by atoms with E-state index in [1.165, 1.54) is 12.3 Å². The van der Waals surface area contributed by atoms with E-state index in [0.717, 1.165) is 0 Å². The molecule has 0 amide bonds. The number of carbonyl (C=O) groups excluding carboxylic acids is 1. The van der Waals surface area contributed by atoms with Gasteiger partial charge in [0.05, 0.1) is 12.9 Å². The molecule has 0 spiro atoms. The van der Waals surface area contributed by atoms with Crippen LogP contribution in [0.1, 0.15) is 25.7 Å². The van der Waals surface area contributed by atoms with Gasteiger partial charge in [-0.3, -0.25) is 9.59 Å². The summed E-state index contributed by atoms with van der Waals surface area (Å²) >= 11 is 0. The van der Waals surface area contributed by atoms with Crippen molar-refractivity contribution in [2.45, 2.75) is 31.7 Å². The van der Waals surface area contributed by atoms with Crippen molar-refractivity contribution >= 4 is 11.8 Å². The summed E-state index contributed by atoms with van der Waals surface area (Å²) in [5, 5.41) is 11.8. The number of ketones is 1. The van der Waals surface area contributed by atoms with Gasteiger partial charge in [-0.15, -0.1) is 0 Å². The summed E-state index contributed by atoms with van der Waals surface area (Å²) in [5.41, 5.74) is 13.2. The molecule has 0 saturated heterocycles. The highest BCUT2D eigenvalue weighted by Crippen LogP contribution is 2.00. The average Bonchev–Trinajstić information content (AvgIpc) is 2.38. The first-order chi connectivity index (χ1) is 9.07. The van der Waals surface area contributed by atoms with Gasteiger partial charge < -0.3 is 15.6 Å². The first-order valence-corrected chi connectivity index (χ1v) is 5.87. The molecule has 8 nitrogen and oxygen atoms in total. The van der Waals surface area contributed by atoms with Crippen LogP contribution in [0, 0.1) is 0 Å². The molecule has 0 unspecified atom stereocenters. The number of Topliss-reactive ketones (excluding diaryl/α,β-unsaturated/α-hetero) is 1. The third-order valence-corrected chi connectivity index (χ3v) is 2.16. The molecule has 0 heterocycles. The Morgan fingerprint density at radius 2 is 2.11 bits per heavy atom. The lowest BCUT2D eigenvalue weighted by Gasteiger charge is -2.02. The van der Waals surface area contributed by atoms with E-state index in [0.29, 0.717) is 38.8 Å². The molecule has 0 aromatic rings. The van der Waals surface area contributed by atoms with Crippen LogP contribution < -0.4 is 5.73 Å². The van der Waals surface area contributed by atoms with E-state index in [1.807, 2.05) is 0 Å². The van der Waals surface area contributed by atoms with Gasteiger partial charge in [0, 0.05) is 24.3 Å². The van der Waals surface area contributed by atoms with Crippen molar-refractivity contribution in [3.8, 4) is 0 Å². The molecule has 0 rings (SSSR count). The minimum absolute atomic E-state index is 0.0861. The lowest BCUT2D eigenvalue weighted by Crippen LogP contribution is -2.27. The highest BCUT2D eigenvalue weighted by Gasteiger charge is 2.05. The summed E-state index contributed by atoms with van der Waals surface area (Å²) in [7, 11) is 0. The van der Waals surface area contributed by atoms with Crippen LogP contribution in [0.15, 0.2) is 17.5 Å². The van der Waals surface area contributed by atoms with Crippen LogP contribution in [0.4, 0.5) is 0 Å². The molecular weight excluding hydrogens is 252 g/mol. The summed E-state index contributed by atoms with van der Waals surface area (Å²) in [4.78, 5) is 24.3. The minimum atomic E-state index is -1.13. The lowest BCUT2D eigenvalue weighted by molar-refractivity contribution is -0.137. The molecule has 0 radical (unpaired) electrons. The van der Waals surface area contributed by atoms with Crippen molar-refractivity contribution < 1.29 is 19.4 Å². The number of carboxylic acid groups (broad SMARTS) is 1. The zero-order valence-electron chi connectivity index (χ0n) is 10.6. The fraction of sp³-hybridized carbons (Fsp3) is 0.636. The number of ether oxygens (including phenoxy) is 1. The molecule has 0 bridgehead atoms. The average molecular weight is 270 g/mol. The Morgan fingerprint density at radius 3 is 2.74 bits per heavy atom. The maximum atomic E-state index is 11.3. The molecule has 0 fully saturated rings. The number of hydrogen-bond acceptors (Lipinski definition) is 5. The van der Waals surface area contributed by atoms with Gasteiger partial charge in [0.15, 0.2) is 0 Å². The molecule has 1 atom stereocenters. The van der Waals surface area contributed by atoms with E-state index >= 15 is 0 Å². The van der Waals surface area contributed by atoms with Crippen LogP contribution in [0.5, 0.6) is 0 Å². The quantitative estimate of drug-likeness (QED) is 0.192. The summed E-state index contributed by atoms with van der Waals surface area (Å²) in [5.74, 6) is -1.04. The second kappa shape index (κ2) is 11.1. The summed E-state index contributed by atoms with van der Waals surface area (Å²) in [6.45, 7) is 0.652. The van der Waals surface area contributed by atoms with Crippen molar-refractivity contribution in [2.75, 3.05) is 13.2 Å². The molecule has 8 heteroatoms. The molecule has 19 heavy (non-hydrogen) atoms. The highest BCUT2D eigenvalue weighted by molar-refractivity contribution is 5.78. The van der Waals surface area contributed by atoms with Crippen molar-refractivity contribution in [1.29, 1.82) is 0 Å². The van der Waals surface area contributed by atoms with Crippen LogP contribution in [0.25, 0.3) is 10.4 Å². The molecule has 0 aromatic carbocycles. The topological polar surface area (TPSA) is 138 Å². The maximum absolute atomic E-state index is 11.3. The summed E-state index contributed by atoms with van der Waals surface area (Å²) < 4.78 is 5.01. The number of carboxylic acids is 1. The van der Waals surface area contributed by atoms with E-state index in [1.54, 1.807) is 0 Å². The van der Waals surface area contributed by atoms with Crippen molar-refractivity contribution in [1.82, 2.24) is 0 Å². The van der Waals surface area contributed by atoms with Crippen LogP contribution in [-0.2, 0) is 14.3 Å². The Balaban J connectivity index is 3.50. The van der Waals surface area contributed by atoms with Crippen LogP contribution in [0.2, 0.25) is 0 Å². The SMILES string of the molecule is [N-]=[N+]=NCCCC(=O)CCCO/C=C/[C@H](N)C(=O)O. The second-order valence-corrected chi connectivity index (χ2v) is 3.76. The Hall–Kier alpha value is -2.05. The van der Waals surface area contributed by atoms with Gasteiger partial charge in [0.25, 0.3) is 0 Å². The Morgan fingerprint density at radius 1 is 1.42 bits per heavy atom. The molecule has 0 aliphatic heterocycles. The number of nitrogens with zero attached hydrogens (tertiary/aromatic N) is 3. The predicted molar refractivity (Wildman–Crippen MR) is 68.2 cm³/mol. The number of aliphatic carboxylic acids is 1. The van der Waals surface area contributed by atoms with E-state index in [9.17, 15) is 9.59 Å². The number of carbonyl (C=O) groups is 2. The smallest absolute Gasteiger partial charge is 0.324 e. The summed E-state index contributed by atoms with van der Waals surface area (Å²) in [6.07, 6.45) is 4.33. The zero-order valence-corrected chi connectivity index (χ0v) is 10.6. The van der Waals surface area contributed by atoms with Gasteiger partial charge in [-0.2, -0.15) is 0 Å². The molecule has 0 saturated carbocycles. The third kappa shape index (κ3) is 10.8. The summed E-state index contributed by atoms with van der Waals surface area (Å²) in [6, 6.07) is -1.08. The number of rotatable bonds is 11. The van der Waals surface area contributed by atoms with E-state index < -0.39 is 12.0 Å². The third-order valence-electron chi connectivity index (χ3n) is 2.16. The largest absolute Gasteiger partial charge is 0.501 e. The fourth-order valence-electron chi connectivity index (χ4n) is 1.16. The second-order valence-electron chi connectivity index (χ2n) is 3.76. The Labute approximate surface area is 110 Å². The van der Waals surface area contributed by atoms with Crippen molar-refractivity contribution in [2.24, 2.45) is 10.8 Å². The zero-order chi connectivity index (χ0) is 14.5. The van der Waals surface area contributed by atoms with Gasteiger partial charge in [0.2, 0.25) is 0 Å². The first kappa shape index (κ1) is 16.9. The Bertz CT molecular complexity index is 364. The number of nitrogens with two attached hydrogens (primary N) is 1. The molecule has 3 N–H and O–H groups in total. The van der Waals surface area contributed by atoms with Crippen molar-refractivity contribution in [3.63, 3.8) is 0 Å². The molecular formula is C11H18N4O4. The fourth-order valence-corrected chi connectivity index (χ4v) is 1.16. The van der Waals surface area contributed by atoms with Crippen LogP contribution in [-0.4, -0.2) is 36.1 Å². The normalized spacial score (nSPS) is 11.8. The lowest BCUT2D eigenvalue weighted by atomic mass is 10.1. The van der Waals surface area contributed by atoms with E-state index in [2.05, 4.69) is 10.0 Å². The maximum Gasteiger partial charge on any atom is 0.324 e. The predicted octanol–water partition coefficient (Wildman–Crippen LogP) is 1.37. The van der Waals surface area contributed by atoms with E-state index in [4.69, 9.17) is 21.1 Å². The van der Waals surface area contributed by atoms with Gasteiger partial charge in [-0.1, -0.05) is 5.11 Å². The van der Waals surface area contributed by atoms with Crippen LogP contribution >= 0.6 is 0 Å². The first-order valence-electron chi connectivity index (χ1n) is 5.87. The van der Waals surface area contributed by atoms with Gasteiger partial charge in [-0.05, 0) is 24.4 Å². The molecule has 0 aliphatic rings. The molecule has 0 aromatic heterocycles. The Kier molecular flexibility index (Phi) is 9.87.